The highest BCUT2D eigenvalue weighted by molar-refractivity contribution is 6.13. The molecule has 0 bridgehead atoms. The van der Waals surface area contributed by atoms with Crippen molar-refractivity contribution < 1.29 is 9.59 Å². The standard InChI is InChI=1S/C30H26N8O2/c1-15-11-13-31-27-23(15)35-29(39)19-7-9-21(33-25(19)37(27)17-3-4-17)22-10-8-20-26(34-22)38(18-5-6-18)28-24(36-30(20)40)16(2)12-14-32-28/h7-14,17-18H,3-6H2,1-2H3,(H,35,39)(H,36,40). The predicted octanol–water partition coefficient (Wildman–Crippen LogP) is 5.28. The number of aryl methyl sites for hydroxylation is 2. The summed E-state index contributed by atoms with van der Waals surface area (Å²) in [4.78, 5) is 50.2. The smallest absolute Gasteiger partial charge is 0.259 e. The van der Waals surface area contributed by atoms with E-state index in [1.54, 1.807) is 12.4 Å². The highest BCUT2D eigenvalue weighted by atomic mass is 16.2. The van der Waals surface area contributed by atoms with Crippen LogP contribution in [-0.4, -0.2) is 43.8 Å². The molecule has 0 unspecified atom stereocenters. The quantitative estimate of drug-likeness (QED) is 0.367. The van der Waals surface area contributed by atoms with Gasteiger partial charge in [0.2, 0.25) is 0 Å². The van der Waals surface area contributed by atoms with Gasteiger partial charge in [-0.2, -0.15) is 0 Å². The monoisotopic (exact) mass is 530 g/mol. The van der Waals surface area contributed by atoms with E-state index in [1.165, 1.54) is 0 Å². The third-order valence-corrected chi connectivity index (χ3v) is 7.99. The van der Waals surface area contributed by atoms with Gasteiger partial charge in [0, 0.05) is 24.5 Å². The van der Waals surface area contributed by atoms with Gasteiger partial charge in [-0.25, -0.2) is 19.9 Å². The maximum absolute atomic E-state index is 13.3. The maximum Gasteiger partial charge on any atom is 0.259 e. The van der Waals surface area contributed by atoms with Crippen LogP contribution in [0.2, 0.25) is 0 Å². The lowest BCUT2D eigenvalue weighted by atomic mass is 10.1. The Labute approximate surface area is 230 Å². The Morgan fingerprint density at radius 3 is 1.45 bits per heavy atom. The molecule has 4 aromatic rings. The van der Waals surface area contributed by atoms with Gasteiger partial charge in [0.25, 0.3) is 11.8 Å². The van der Waals surface area contributed by atoms with E-state index in [0.717, 1.165) is 48.2 Å². The van der Waals surface area contributed by atoms with Crippen LogP contribution in [0, 0.1) is 13.8 Å². The number of nitrogens with one attached hydrogen (secondary N) is 2. The first kappa shape index (κ1) is 23.1. The molecule has 2 N–H and O–H groups in total. The Kier molecular flexibility index (Phi) is 4.80. The molecule has 2 amide bonds. The van der Waals surface area contributed by atoms with Crippen molar-refractivity contribution >= 4 is 46.5 Å². The minimum absolute atomic E-state index is 0.209. The SMILES string of the molecule is Cc1ccnc2c1NC(=O)c1ccc(-c3ccc4c(n3)N(C3CC3)c3nccc(C)c3NC4=O)nc1N2C1CC1. The zero-order valence-corrected chi connectivity index (χ0v) is 22.1. The van der Waals surface area contributed by atoms with Crippen LogP contribution in [0.3, 0.4) is 0 Å². The van der Waals surface area contributed by atoms with Crippen molar-refractivity contribution in [2.75, 3.05) is 20.4 Å². The molecule has 2 aliphatic carbocycles. The van der Waals surface area contributed by atoms with Gasteiger partial charge in [-0.1, -0.05) is 0 Å². The Bertz CT molecular complexity index is 1630. The van der Waals surface area contributed by atoms with Crippen molar-refractivity contribution in [3.05, 3.63) is 71.0 Å². The van der Waals surface area contributed by atoms with Crippen LogP contribution in [0.4, 0.5) is 34.6 Å². The van der Waals surface area contributed by atoms with Gasteiger partial charge < -0.3 is 20.4 Å². The van der Waals surface area contributed by atoms with E-state index < -0.39 is 0 Å². The number of aromatic nitrogens is 4. The second-order valence-corrected chi connectivity index (χ2v) is 10.9. The third-order valence-electron chi connectivity index (χ3n) is 7.99. The Hall–Kier alpha value is -4.86. The molecular weight excluding hydrogens is 504 g/mol. The Morgan fingerprint density at radius 2 is 1.05 bits per heavy atom. The minimum Gasteiger partial charge on any atom is -0.318 e. The van der Waals surface area contributed by atoms with E-state index in [4.69, 9.17) is 9.97 Å². The Morgan fingerprint density at radius 1 is 0.625 bits per heavy atom. The number of carbonyl (C=O) groups is 2. The van der Waals surface area contributed by atoms with Crippen LogP contribution < -0.4 is 20.4 Å². The average molecular weight is 531 g/mol. The summed E-state index contributed by atoms with van der Waals surface area (Å²) in [7, 11) is 0. The number of carbonyl (C=O) groups excluding carboxylic acids is 2. The molecule has 2 saturated carbocycles. The van der Waals surface area contributed by atoms with Crippen molar-refractivity contribution in [1.82, 2.24) is 19.9 Å². The summed E-state index contributed by atoms with van der Waals surface area (Å²) in [6, 6.07) is 11.5. The molecule has 10 nitrogen and oxygen atoms in total. The van der Waals surface area contributed by atoms with Gasteiger partial charge in [-0.3, -0.25) is 9.59 Å². The van der Waals surface area contributed by atoms with E-state index in [0.29, 0.717) is 45.8 Å². The highest BCUT2D eigenvalue weighted by Crippen LogP contribution is 2.46. The predicted molar refractivity (Wildman–Crippen MR) is 152 cm³/mol. The van der Waals surface area contributed by atoms with E-state index in [2.05, 4.69) is 30.4 Å². The minimum atomic E-state index is -0.209. The molecule has 4 aliphatic rings. The number of anilines is 6. The average Bonchev–Trinajstić information content (AvgIpc) is 3.85. The van der Waals surface area contributed by atoms with Gasteiger partial charge in [0.1, 0.15) is 11.6 Å². The molecule has 0 spiro atoms. The second-order valence-electron chi connectivity index (χ2n) is 10.9. The van der Waals surface area contributed by atoms with Gasteiger partial charge in [-0.15, -0.1) is 0 Å². The second kappa shape index (κ2) is 8.32. The molecule has 4 aromatic heterocycles. The maximum atomic E-state index is 13.3. The van der Waals surface area contributed by atoms with Crippen LogP contribution >= 0.6 is 0 Å². The molecule has 10 heteroatoms. The zero-order valence-electron chi connectivity index (χ0n) is 22.1. The summed E-state index contributed by atoms with van der Waals surface area (Å²) in [5.74, 6) is 2.15. The van der Waals surface area contributed by atoms with Gasteiger partial charge in [0.05, 0.1) is 33.9 Å². The number of nitrogens with zero attached hydrogens (tertiary/aromatic N) is 6. The first-order chi connectivity index (χ1) is 19.5. The van der Waals surface area contributed by atoms with Crippen molar-refractivity contribution in [2.45, 2.75) is 51.6 Å². The van der Waals surface area contributed by atoms with E-state index >= 15 is 0 Å². The molecular formula is C30H26N8O2. The van der Waals surface area contributed by atoms with Crippen LogP contribution in [0.15, 0.2) is 48.8 Å². The number of hydrogen-bond donors (Lipinski definition) is 2. The summed E-state index contributed by atoms with van der Waals surface area (Å²) in [5, 5.41) is 6.11. The van der Waals surface area contributed by atoms with Crippen LogP contribution in [0.1, 0.15) is 57.5 Å². The largest absolute Gasteiger partial charge is 0.318 e. The number of amides is 2. The zero-order chi connectivity index (χ0) is 27.1. The molecule has 2 aliphatic heterocycles. The lowest BCUT2D eigenvalue weighted by Gasteiger charge is -2.25. The molecule has 40 heavy (non-hydrogen) atoms. The number of rotatable bonds is 3. The molecule has 8 rings (SSSR count). The fourth-order valence-electron chi connectivity index (χ4n) is 5.59. The van der Waals surface area contributed by atoms with Gasteiger partial charge in [-0.05, 0) is 87.1 Å². The molecule has 0 aromatic carbocycles. The van der Waals surface area contributed by atoms with Crippen molar-refractivity contribution in [3.8, 4) is 11.4 Å². The van der Waals surface area contributed by atoms with E-state index in [9.17, 15) is 9.59 Å². The number of hydrogen-bond acceptors (Lipinski definition) is 8. The molecule has 6 heterocycles. The normalized spacial score (nSPS) is 17.6. The summed E-state index contributed by atoms with van der Waals surface area (Å²) < 4.78 is 0. The molecule has 0 atom stereocenters. The molecule has 198 valence electrons. The van der Waals surface area contributed by atoms with Gasteiger partial charge >= 0.3 is 0 Å². The third kappa shape index (κ3) is 3.48. The number of fused-ring (bicyclic) bond motifs is 4. The van der Waals surface area contributed by atoms with Crippen LogP contribution in [-0.2, 0) is 0 Å². The molecule has 0 saturated heterocycles. The lowest BCUT2D eigenvalue weighted by molar-refractivity contribution is 0.101. The van der Waals surface area contributed by atoms with Crippen molar-refractivity contribution in [1.29, 1.82) is 0 Å². The van der Waals surface area contributed by atoms with Gasteiger partial charge in [0.15, 0.2) is 11.6 Å². The summed E-state index contributed by atoms with van der Waals surface area (Å²) in [6.07, 6.45) is 7.55. The molecule has 2 fully saturated rings. The Balaban J connectivity index is 1.29. The topological polar surface area (TPSA) is 116 Å². The summed E-state index contributed by atoms with van der Waals surface area (Å²) in [5.41, 5.74) is 5.57. The fourth-order valence-corrected chi connectivity index (χ4v) is 5.59. The van der Waals surface area contributed by atoms with Crippen LogP contribution in [0.5, 0.6) is 0 Å². The first-order valence-corrected chi connectivity index (χ1v) is 13.6. The van der Waals surface area contributed by atoms with E-state index in [1.807, 2.05) is 50.2 Å². The first-order valence-electron chi connectivity index (χ1n) is 13.6. The van der Waals surface area contributed by atoms with Crippen molar-refractivity contribution in [2.24, 2.45) is 0 Å². The highest BCUT2D eigenvalue weighted by Gasteiger charge is 2.40. The van der Waals surface area contributed by atoms with Crippen molar-refractivity contribution in [3.63, 3.8) is 0 Å². The lowest BCUT2D eigenvalue weighted by Crippen LogP contribution is -2.24. The summed E-state index contributed by atoms with van der Waals surface area (Å²) >= 11 is 0. The van der Waals surface area contributed by atoms with Crippen LogP contribution in [0.25, 0.3) is 11.4 Å². The molecule has 0 radical (unpaired) electrons. The fraction of sp³-hybridized carbons (Fsp3) is 0.267. The number of pyridine rings is 4. The summed E-state index contributed by atoms with van der Waals surface area (Å²) in [6.45, 7) is 3.94. The van der Waals surface area contributed by atoms with E-state index in [-0.39, 0.29) is 23.9 Å².